The predicted molar refractivity (Wildman–Crippen MR) is 110 cm³/mol. The molecule has 0 heterocycles. The van der Waals surface area contributed by atoms with Crippen LogP contribution in [0.2, 0.25) is 0 Å². The zero-order valence-electron chi connectivity index (χ0n) is 17.2. The van der Waals surface area contributed by atoms with E-state index in [9.17, 15) is 14.4 Å². The average Bonchev–Trinajstić information content (AvgIpc) is 2.71. The number of ether oxygens (including phenoxy) is 2. The van der Waals surface area contributed by atoms with Gasteiger partial charge in [0.25, 0.3) is 0 Å². The van der Waals surface area contributed by atoms with Crippen LogP contribution in [-0.4, -0.2) is 17.7 Å². The Morgan fingerprint density at radius 1 is 0.759 bits per heavy atom. The highest BCUT2D eigenvalue weighted by Gasteiger charge is 2.39. The molecule has 2 rings (SSSR count). The van der Waals surface area contributed by atoms with E-state index in [2.05, 4.69) is 0 Å². The first kappa shape index (κ1) is 22.3. The van der Waals surface area contributed by atoms with Gasteiger partial charge in [-0.05, 0) is 29.9 Å². The summed E-state index contributed by atoms with van der Waals surface area (Å²) in [4.78, 5) is 37.5. The normalized spacial score (nSPS) is 11.9. The van der Waals surface area contributed by atoms with Gasteiger partial charge in [0, 0.05) is 6.42 Å². The van der Waals surface area contributed by atoms with Crippen LogP contribution >= 0.6 is 0 Å². The Bertz CT molecular complexity index is 743. The summed E-state index contributed by atoms with van der Waals surface area (Å²) in [5.41, 5.74) is 1.65. The molecule has 0 radical (unpaired) electrons. The van der Waals surface area contributed by atoms with Crippen LogP contribution in [0.5, 0.6) is 0 Å². The summed E-state index contributed by atoms with van der Waals surface area (Å²) in [7, 11) is 0. The molecule has 1 atom stereocenters. The molecular weight excluding hydrogens is 368 g/mol. The largest absolute Gasteiger partial charge is 0.460 e. The Labute approximate surface area is 172 Å². The quantitative estimate of drug-likeness (QED) is 0.441. The molecule has 0 spiro atoms. The fourth-order valence-electron chi connectivity index (χ4n) is 3.15. The van der Waals surface area contributed by atoms with Gasteiger partial charge in [-0.15, -0.1) is 0 Å². The number of hydrogen-bond acceptors (Lipinski definition) is 5. The number of Topliss-reactive ketones (excluding diaryl/α,β-unsaturated/α-hetero) is 1. The van der Waals surface area contributed by atoms with Crippen molar-refractivity contribution in [1.29, 1.82) is 0 Å². The Balaban J connectivity index is 2.15. The zero-order valence-corrected chi connectivity index (χ0v) is 17.2. The molecule has 5 nitrogen and oxygen atoms in total. The van der Waals surface area contributed by atoms with Crippen molar-refractivity contribution in [3.05, 3.63) is 71.8 Å². The summed E-state index contributed by atoms with van der Waals surface area (Å²) in [6.45, 7) is 5.35. The minimum atomic E-state index is -1.15. The molecule has 0 amide bonds. The second-order valence-corrected chi connectivity index (χ2v) is 7.48. The lowest BCUT2D eigenvalue weighted by atomic mass is 9.80. The molecule has 0 bridgehead atoms. The van der Waals surface area contributed by atoms with Gasteiger partial charge in [-0.3, -0.25) is 9.59 Å². The second-order valence-electron chi connectivity index (χ2n) is 7.48. The van der Waals surface area contributed by atoms with Crippen molar-refractivity contribution in [2.75, 3.05) is 0 Å². The summed E-state index contributed by atoms with van der Waals surface area (Å²) in [6.07, 6.45) is 0.114. The molecule has 0 aromatic heterocycles. The van der Waals surface area contributed by atoms with E-state index in [1.165, 1.54) is 6.92 Å². The molecular formula is C24H28O5. The van der Waals surface area contributed by atoms with E-state index in [1.807, 2.05) is 74.5 Å². The van der Waals surface area contributed by atoms with Gasteiger partial charge in [0.2, 0.25) is 0 Å². The van der Waals surface area contributed by atoms with Crippen molar-refractivity contribution in [3.8, 4) is 0 Å². The van der Waals surface area contributed by atoms with Gasteiger partial charge < -0.3 is 14.3 Å². The minimum absolute atomic E-state index is 0.0625. The Kier molecular flexibility index (Phi) is 8.59. The molecule has 0 aliphatic carbocycles. The molecule has 0 fully saturated rings. The number of hydrogen-bond donors (Lipinski definition) is 0. The first-order chi connectivity index (χ1) is 13.9. The second kappa shape index (κ2) is 11.1. The summed E-state index contributed by atoms with van der Waals surface area (Å²) < 4.78 is 10.9. The van der Waals surface area contributed by atoms with E-state index in [-0.39, 0.29) is 31.3 Å². The highest BCUT2D eigenvalue weighted by atomic mass is 16.6. The number of ketones is 1. The number of benzene rings is 2. The molecule has 0 aliphatic rings. The third kappa shape index (κ3) is 7.18. The number of rotatable bonds is 10. The van der Waals surface area contributed by atoms with Crippen molar-refractivity contribution in [2.24, 2.45) is 17.8 Å². The third-order valence-corrected chi connectivity index (χ3v) is 4.76. The van der Waals surface area contributed by atoms with E-state index in [4.69, 9.17) is 9.47 Å². The zero-order chi connectivity index (χ0) is 21.2. The maximum atomic E-state index is 12.9. The maximum Gasteiger partial charge on any atom is 0.320 e. The van der Waals surface area contributed by atoms with Crippen LogP contribution in [0.25, 0.3) is 0 Å². The molecule has 0 aliphatic heterocycles. The molecule has 0 unspecified atom stereocenters. The molecule has 0 saturated carbocycles. The number of carbonyl (C=O) groups excluding carboxylic acids is 3. The van der Waals surface area contributed by atoms with Crippen molar-refractivity contribution in [3.63, 3.8) is 0 Å². The molecule has 0 saturated heterocycles. The van der Waals surface area contributed by atoms with E-state index < -0.39 is 23.8 Å². The summed E-state index contributed by atoms with van der Waals surface area (Å²) in [5, 5.41) is 0. The standard InChI is InChI=1S/C24H28O5/c1-17(2)21(14-18(3)25)22(23(26)28-15-19-10-6-4-7-11-19)24(27)29-16-20-12-8-5-9-13-20/h4-13,17,21-22H,14-16H2,1-3H3/t21-/m0/s1. The Morgan fingerprint density at radius 2 is 1.17 bits per heavy atom. The number of esters is 2. The third-order valence-electron chi connectivity index (χ3n) is 4.76. The van der Waals surface area contributed by atoms with Crippen molar-refractivity contribution >= 4 is 17.7 Å². The van der Waals surface area contributed by atoms with Crippen LogP contribution in [0.15, 0.2) is 60.7 Å². The lowest BCUT2D eigenvalue weighted by Gasteiger charge is -2.26. The summed E-state index contributed by atoms with van der Waals surface area (Å²) >= 11 is 0. The van der Waals surface area contributed by atoms with E-state index in [0.29, 0.717) is 0 Å². The van der Waals surface area contributed by atoms with Crippen LogP contribution in [0.4, 0.5) is 0 Å². The molecule has 2 aromatic rings. The van der Waals surface area contributed by atoms with Crippen LogP contribution in [0.1, 0.15) is 38.3 Å². The Hall–Kier alpha value is -2.95. The van der Waals surface area contributed by atoms with E-state index in [0.717, 1.165) is 11.1 Å². The van der Waals surface area contributed by atoms with E-state index >= 15 is 0 Å². The van der Waals surface area contributed by atoms with Crippen LogP contribution < -0.4 is 0 Å². The topological polar surface area (TPSA) is 69.7 Å². The molecule has 29 heavy (non-hydrogen) atoms. The first-order valence-electron chi connectivity index (χ1n) is 9.79. The average molecular weight is 396 g/mol. The fraction of sp³-hybridized carbons (Fsp3) is 0.375. The SMILES string of the molecule is CC(=O)C[C@@H](C(C)C)C(C(=O)OCc1ccccc1)C(=O)OCc1ccccc1. The van der Waals surface area contributed by atoms with Crippen molar-refractivity contribution in [1.82, 2.24) is 0 Å². The lowest BCUT2D eigenvalue weighted by Crippen LogP contribution is -2.37. The van der Waals surface area contributed by atoms with Crippen LogP contribution in [0.3, 0.4) is 0 Å². The molecule has 0 N–H and O–H groups in total. The summed E-state index contributed by atoms with van der Waals surface area (Å²) in [5.74, 6) is -3.11. The highest BCUT2D eigenvalue weighted by molar-refractivity contribution is 5.96. The van der Waals surface area contributed by atoms with Gasteiger partial charge >= 0.3 is 11.9 Å². The van der Waals surface area contributed by atoms with Crippen LogP contribution in [0, 0.1) is 17.8 Å². The van der Waals surface area contributed by atoms with Gasteiger partial charge in [0.05, 0.1) is 0 Å². The summed E-state index contributed by atoms with van der Waals surface area (Å²) in [6, 6.07) is 18.5. The monoisotopic (exact) mass is 396 g/mol. The van der Waals surface area contributed by atoms with Gasteiger partial charge in [-0.1, -0.05) is 74.5 Å². The maximum absolute atomic E-state index is 12.9. The first-order valence-corrected chi connectivity index (χ1v) is 9.79. The highest BCUT2D eigenvalue weighted by Crippen LogP contribution is 2.28. The van der Waals surface area contributed by atoms with Gasteiger partial charge in [0.1, 0.15) is 19.0 Å². The minimum Gasteiger partial charge on any atom is -0.460 e. The lowest BCUT2D eigenvalue weighted by molar-refractivity contribution is -0.167. The molecule has 2 aromatic carbocycles. The number of carbonyl (C=O) groups is 3. The van der Waals surface area contributed by atoms with Crippen LogP contribution in [-0.2, 0) is 37.1 Å². The van der Waals surface area contributed by atoms with E-state index in [1.54, 1.807) is 0 Å². The van der Waals surface area contributed by atoms with Gasteiger partial charge in [-0.25, -0.2) is 0 Å². The Morgan fingerprint density at radius 3 is 1.52 bits per heavy atom. The molecule has 154 valence electrons. The fourth-order valence-corrected chi connectivity index (χ4v) is 3.15. The molecule has 5 heteroatoms. The predicted octanol–water partition coefficient (Wildman–Crippen LogP) is 4.34. The van der Waals surface area contributed by atoms with Gasteiger partial charge in [0.15, 0.2) is 5.92 Å². The van der Waals surface area contributed by atoms with Crippen molar-refractivity contribution in [2.45, 2.75) is 40.4 Å². The smallest absolute Gasteiger partial charge is 0.320 e. The van der Waals surface area contributed by atoms with Gasteiger partial charge in [-0.2, -0.15) is 0 Å². The van der Waals surface area contributed by atoms with Crippen molar-refractivity contribution < 1.29 is 23.9 Å².